The number of imidazole rings is 1. The van der Waals surface area contributed by atoms with E-state index in [1.807, 2.05) is 22.9 Å². The summed E-state index contributed by atoms with van der Waals surface area (Å²) in [6.45, 7) is -1.30. The Morgan fingerprint density at radius 1 is 0.895 bits per heavy atom. The summed E-state index contributed by atoms with van der Waals surface area (Å²) in [5, 5.41) is 23.5. The van der Waals surface area contributed by atoms with E-state index in [2.05, 4.69) is 46.5 Å². The van der Waals surface area contributed by atoms with Crippen molar-refractivity contribution in [2.75, 3.05) is 29.1 Å². The number of carbonyl (C=O) groups is 4. The summed E-state index contributed by atoms with van der Waals surface area (Å²) in [7, 11) is 0. The number of carbonyl (C=O) groups excluding carboxylic acids is 3. The summed E-state index contributed by atoms with van der Waals surface area (Å²) in [5.74, 6) is -4.28. The second kappa shape index (κ2) is 17.4. The van der Waals surface area contributed by atoms with Gasteiger partial charge in [0.15, 0.2) is 6.61 Å². The van der Waals surface area contributed by atoms with Crippen LogP contribution in [0.2, 0.25) is 5.02 Å². The fourth-order valence-corrected chi connectivity index (χ4v) is 5.61. The molecular weight excluding hydrogens is 773 g/mol. The van der Waals surface area contributed by atoms with Gasteiger partial charge in [-0.3, -0.25) is 14.4 Å². The molecule has 2 heterocycles. The molecular formula is C37H34ClF3N10O6. The van der Waals surface area contributed by atoms with Crippen molar-refractivity contribution < 1.29 is 42.2 Å². The van der Waals surface area contributed by atoms with Crippen molar-refractivity contribution in [3.8, 4) is 6.01 Å². The highest BCUT2D eigenvalue weighted by Gasteiger charge is 2.45. The topological polar surface area (TPSA) is 214 Å². The van der Waals surface area contributed by atoms with Gasteiger partial charge in [0.25, 0.3) is 5.91 Å². The summed E-state index contributed by atoms with van der Waals surface area (Å²) < 4.78 is 45.5. The molecule has 1 fully saturated rings. The Kier molecular flexibility index (Phi) is 12.2. The molecule has 6 rings (SSSR count). The summed E-state index contributed by atoms with van der Waals surface area (Å²) in [5.41, 5.74) is 2.03. The smallest absolute Gasteiger partial charge is 0.422 e. The van der Waals surface area contributed by atoms with Crippen molar-refractivity contribution in [2.45, 2.75) is 43.6 Å². The monoisotopic (exact) mass is 806 g/mol. The zero-order chi connectivity index (χ0) is 40.6. The standard InChI is InChI=1S/C37H34ClF3N10O6/c38-25-7-5-24(6-8-25)36(14-15-36)50-34-47-33(48-35(49-34)57-20-37(39,40)41)45-27-11-3-23(4-12-27)29(52)46-28(32(55)56)13-16-43-30(53)31(54)44-26-9-1-22(2-10-26)19-51-18-17-42-21-51/h1-12,17-18,21,28H,13-16,19-20H2,(H,43,53)(H,44,54)(H,46,52)(H,55,56)(H2,45,47,48,49,50)/t28-/m0/s1. The van der Waals surface area contributed by atoms with Crippen LogP contribution in [0.3, 0.4) is 0 Å². The molecule has 16 nitrogen and oxygen atoms in total. The molecule has 1 atom stereocenters. The molecule has 3 amide bonds. The van der Waals surface area contributed by atoms with Crippen LogP contribution in [0, 0.1) is 0 Å². The molecule has 57 heavy (non-hydrogen) atoms. The van der Waals surface area contributed by atoms with Crippen LogP contribution < -0.4 is 31.3 Å². The average molecular weight is 807 g/mol. The predicted molar refractivity (Wildman–Crippen MR) is 200 cm³/mol. The second-order valence-electron chi connectivity index (χ2n) is 12.9. The van der Waals surface area contributed by atoms with Gasteiger partial charge in [-0.25, -0.2) is 9.78 Å². The highest BCUT2D eigenvalue weighted by molar-refractivity contribution is 6.39. The Hall–Kier alpha value is -6.76. The Labute approximate surface area is 327 Å². The number of aliphatic carboxylic acids is 1. The molecule has 0 aliphatic heterocycles. The van der Waals surface area contributed by atoms with Gasteiger partial charge in [0.05, 0.1) is 11.9 Å². The van der Waals surface area contributed by atoms with Crippen LogP contribution in [0.25, 0.3) is 0 Å². The van der Waals surface area contributed by atoms with Gasteiger partial charge in [-0.15, -0.1) is 0 Å². The molecule has 1 aliphatic carbocycles. The minimum atomic E-state index is -4.65. The van der Waals surface area contributed by atoms with Crippen molar-refractivity contribution in [1.82, 2.24) is 35.1 Å². The molecule has 5 aromatic rings. The van der Waals surface area contributed by atoms with Crippen LogP contribution in [0.1, 0.15) is 40.7 Å². The molecule has 3 aromatic carbocycles. The van der Waals surface area contributed by atoms with Crippen LogP contribution in [-0.2, 0) is 26.5 Å². The van der Waals surface area contributed by atoms with E-state index in [9.17, 15) is 37.5 Å². The number of carboxylic acid groups (broad SMARTS) is 1. The fraction of sp³-hybridized carbons (Fsp3) is 0.243. The quantitative estimate of drug-likeness (QED) is 0.0736. The largest absolute Gasteiger partial charge is 0.480 e. The minimum Gasteiger partial charge on any atom is -0.480 e. The zero-order valence-corrected chi connectivity index (χ0v) is 30.5. The van der Waals surface area contributed by atoms with Gasteiger partial charge in [0, 0.05) is 47.4 Å². The van der Waals surface area contributed by atoms with Gasteiger partial charge in [-0.2, -0.15) is 28.1 Å². The molecule has 6 N–H and O–H groups in total. The molecule has 1 saturated carbocycles. The summed E-state index contributed by atoms with van der Waals surface area (Å²) in [6.07, 6.45) is 1.65. The number of rotatable bonds is 16. The highest BCUT2D eigenvalue weighted by Crippen LogP contribution is 2.48. The summed E-state index contributed by atoms with van der Waals surface area (Å²) in [6, 6.07) is 17.6. The third kappa shape index (κ3) is 11.4. The molecule has 20 heteroatoms. The Bertz CT molecular complexity index is 2200. The van der Waals surface area contributed by atoms with Crippen LogP contribution in [0.15, 0.2) is 91.5 Å². The fourth-order valence-electron chi connectivity index (χ4n) is 5.49. The molecule has 2 aromatic heterocycles. The van der Waals surface area contributed by atoms with Crippen molar-refractivity contribution in [3.63, 3.8) is 0 Å². The number of halogens is 4. The molecule has 0 bridgehead atoms. The maximum Gasteiger partial charge on any atom is 0.422 e. The third-order valence-electron chi connectivity index (χ3n) is 8.55. The number of nitrogens with zero attached hydrogens (tertiary/aromatic N) is 5. The number of benzene rings is 3. The van der Waals surface area contributed by atoms with Crippen molar-refractivity contribution >= 4 is 58.6 Å². The first-order valence-corrected chi connectivity index (χ1v) is 17.7. The van der Waals surface area contributed by atoms with Gasteiger partial charge in [0.2, 0.25) is 11.9 Å². The second-order valence-corrected chi connectivity index (χ2v) is 13.3. The lowest BCUT2D eigenvalue weighted by Gasteiger charge is -2.19. The number of anilines is 4. The summed E-state index contributed by atoms with van der Waals surface area (Å²) in [4.78, 5) is 65.9. The first kappa shape index (κ1) is 39.9. The number of carboxylic acids is 1. The molecule has 1 aliphatic rings. The van der Waals surface area contributed by atoms with E-state index in [1.165, 1.54) is 24.3 Å². The van der Waals surface area contributed by atoms with Gasteiger partial charge >= 0.3 is 30.0 Å². The third-order valence-corrected chi connectivity index (χ3v) is 8.80. The van der Waals surface area contributed by atoms with Crippen molar-refractivity contribution in [3.05, 3.63) is 113 Å². The number of aromatic nitrogens is 5. The zero-order valence-electron chi connectivity index (χ0n) is 29.7. The predicted octanol–water partition coefficient (Wildman–Crippen LogP) is 4.88. The van der Waals surface area contributed by atoms with Gasteiger partial charge in [-0.1, -0.05) is 35.9 Å². The molecule has 0 unspecified atom stereocenters. The lowest BCUT2D eigenvalue weighted by molar-refractivity contribution is -0.154. The number of alkyl halides is 3. The van der Waals surface area contributed by atoms with Crippen LogP contribution in [-0.4, -0.2) is 78.7 Å². The van der Waals surface area contributed by atoms with E-state index < -0.39 is 54.1 Å². The minimum absolute atomic E-state index is 0.0442. The van der Waals surface area contributed by atoms with Gasteiger partial charge < -0.3 is 41.0 Å². The maximum absolute atomic E-state index is 13.0. The number of nitrogens with one attached hydrogen (secondary N) is 5. The van der Waals surface area contributed by atoms with Crippen LogP contribution in [0.4, 0.5) is 36.4 Å². The first-order valence-electron chi connectivity index (χ1n) is 17.3. The number of ether oxygens (including phenoxy) is 1. The highest BCUT2D eigenvalue weighted by atomic mass is 35.5. The van der Waals surface area contributed by atoms with Crippen molar-refractivity contribution in [2.24, 2.45) is 0 Å². The van der Waals surface area contributed by atoms with Gasteiger partial charge in [-0.05, 0) is 78.9 Å². The molecule has 0 radical (unpaired) electrons. The van der Waals surface area contributed by atoms with E-state index in [1.54, 1.807) is 48.9 Å². The lowest BCUT2D eigenvalue weighted by Crippen LogP contribution is -2.44. The van der Waals surface area contributed by atoms with E-state index in [-0.39, 0.29) is 30.4 Å². The first-order chi connectivity index (χ1) is 27.2. The normalized spacial score (nSPS) is 13.5. The Morgan fingerprint density at radius 3 is 2.21 bits per heavy atom. The number of amides is 3. The van der Waals surface area contributed by atoms with Crippen molar-refractivity contribution in [1.29, 1.82) is 0 Å². The van der Waals surface area contributed by atoms with Crippen LogP contribution in [0.5, 0.6) is 6.01 Å². The van der Waals surface area contributed by atoms with E-state index in [4.69, 9.17) is 16.3 Å². The Morgan fingerprint density at radius 2 is 1.58 bits per heavy atom. The number of hydrogen-bond acceptors (Lipinski definition) is 11. The average Bonchev–Trinajstić information content (AvgIpc) is 3.76. The Balaban J connectivity index is 1.02. The molecule has 296 valence electrons. The van der Waals surface area contributed by atoms with E-state index in [0.29, 0.717) is 35.8 Å². The molecule has 0 spiro atoms. The summed E-state index contributed by atoms with van der Waals surface area (Å²) >= 11 is 6.02. The lowest BCUT2D eigenvalue weighted by atomic mass is 10.1. The van der Waals surface area contributed by atoms with Crippen LogP contribution >= 0.6 is 11.6 Å². The maximum atomic E-state index is 13.0. The molecule has 0 saturated heterocycles. The van der Waals surface area contributed by atoms with Gasteiger partial charge in [0.1, 0.15) is 6.04 Å². The van der Waals surface area contributed by atoms with E-state index in [0.717, 1.165) is 11.1 Å². The number of hydrogen-bond donors (Lipinski definition) is 6. The van der Waals surface area contributed by atoms with E-state index >= 15 is 0 Å². The SMILES string of the molecule is O=C(NCC[C@H](NC(=O)c1ccc(Nc2nc(NC3(c4ccc(Cl)cc4)CC3)nc(OCC(F)(F)F)n2)cc1)C(=O)O)C(=O)Nc1ccc(Cn2ccnc2)cc1.